The molecule has 0 spiro atoms. The average molecular weight is 298 g/mol. The number of hydrogen-bond acceptors (Lipinski definition) is 4. The minimum absolute atomic E-state index is 0.0517. The van der Waals surface area contributed by atoms with Gasteiger partial charge in [-0.1, -0.05) is 20.8 Å². The van der Waals surface area contributed by atoms with Crippen molar-refractivity contribution in [2.75, 3.05) is 20.2 Å². The fourth-order valence-corrected chi connectivity index (χ4v) is 2.90. The van der Waals surface area contributed by atoms with Gasteiger partial charge in [0.15, 0.2) is 0 Å². The molecule has 1 aliphatic rings. The van der Waals surface area contributed by atoms with E-state index < -0.39 is 6.04 Å². The summed E-state index contributed by atoms with van der Waals surface area (Å²) >= 11 is 0. The van der Waals surface area contributed by atoms with Gasteiger partial charge in [0.05, 0.1) is 7.11 Å². The molecule has 1 heterocycles. The van der Waals surface area contributed by atoms with Gasteiger partial charge in [0.2, 0.25) is 5.91 Å². The fourth-order valence-electron chi connectivity index (χ4n) is 2.90. The predicted molar refractivity (Wildman–Crippen MR) is 82.8 cm³/mol. The van der Waals surface area contributed by atoms with E-state index in [0.717, 1.165) is 13.1 Å². The number of carbonyl (C=O) groups is 2. The molecule has 0 bridgehead atoms. The molecular formula is C16H30N2O3. The maximum atomic E-state index is 12.2. The Balaban J connectivity index is 2.46. The van der Waals surface area contributed by atoms with Gasteiger partial charge in [0, 0.05) is 6.42 Å². The molecular weight excluding hydrogens is 268 g/mol. The van der Waals surface area contributed by atoms with Crippen molar-refractivity contribution in [3.63, 3.8) is 0 Å². The quantitative estimate of drug-likeness (QED) is 0.702. The Labute approximate surface area is 128 Å². The first-order valence-electron chi connectivity index (χ1n) is 8.02. The summed E-state index contributed by atoms with van der Waals surface area (Å²) in [5.74, 6) is 0.795. The number of amides is 1. The maximum Gasteiger partial charge on any atom is 0.328 e. The predicted octanol–water partition coefficient (Wildman–Crippen LogP) is 1.72. The summed E-state index contributed by atoms with van der Waals surface area (Å²) in [5, 5.41) is 6.21. The number of ether oxygens (including phenoxy) is 1. The highest BCUT2D eigenvalue weighted by Gasteiger charge is 2.26. The van der Waals surface area contributed by atoms with Gasteiger partial charge in [0.25, 0.3) is 0 Å². The van der Waals surface area contributed by atoms with Crippen LogP contribution in [-0.4, -0.2) is 38.1 Å². The van der Waals surface area contributed by atoms with E-state index >= 15 is 0 Å². The molecule has 0 aliphatic carbocycles. The number of nitrogens with one attached hydrogen (secondary N) is 2. The molecule has 2 unspecified atom stereocenters. The molecule has 0 aromatic carbocycles. The first kappa shape index (κ1) is 18.0. The number of carbonyl (C=O) groups excluding carboxylic acids is 2. The molecule has 5 heteroatoms. The van der Waals surface area contributed by atoms with E-state index in [4.69, 9.17) is 4.74 Å². The van der Waals surface area contributed by atoms with Crippen LogP contribution < -0.4 is 10.6 Å². The molecule has 122 valence electrons. The Morgan fingerprint density at radius 3 is 2.57 bits per heavy atom. The molecule has 0 aromatic rings. The highest BCUT2D eigenvalue weighted by molar-refractivity contribution is 5.84. The number of methoxy groups -OCH3 is 1. The third-order valence-electron chi connectivity index (χ3n) is 4.18. The number of hydrogen-bond donors (Lipinski definition) is 2. The molecule has 1 saturated heterocycles. The van der Waals surface area contributed by atoms with Crippen molar-refractivity contribution in [2.45, 2.75) is 52.5 Å². The van der Waals surface area contributed by atoms with Crippen molar-refractivity contribution in [1.82, 2.24) is 10.6 Å². The van der Waals surface area contributed by atoms with E-state index in [0.29, 0.717) is 30.6 Å². The zero-order valence-electron chi connectivity index (χ0n) is 13.8. The van der Waals surface area contributed by atoms with E-state index in [-0.39, 0.29) is 11.9 Å². The lowest BCUT2D eigenvalue weighted by atomic mass is 9.85. The van der Waals surface area contributed by atoms with Crippen LogP contribution in [0.3, 0.4) is 0 Å². The van der Waals surface area contributed by atoms with Crippen molar-refractivity contribution < 1.29 is 14.3 Å². The molecule has 0 saturated carbocycles. The van der Waals surface area contributed by atoms with E-state index in [1.807, 2.05) is 13.8 Å². The normalized spacial score (nSPS) is 21.7. The van der Waals surface area contributed by atoms with Crippen LogP contribution in [0.25, 0.3) is 0 Å². The average Bonchev–Trinajstić information content (AvgIpc) is 2.46. The zero-order chi connectivity index (χ0) is 15.8. The Hall–Kier alpha value is -1.10. The second kappa shape index (κ2) is 9.03. The minimum Gasteiger partial charge on any atom is -0.467 e. The Morgan fingerprint density at radius 1 is 1.33 bits per heavy atom. The van der Waals surface area contributed by atoms with Crippen LogP contribution >= 0.6 is 0 Å². The first-order chi connectivity index (χ1) is 9.93. The number of piperidine rings is 1. The van der Waals surface area contributed by atoms with Gasteiger partial charge in [-0.2, -0.15) is 0 Å². The van der Waals surface area contributed by atoms with E-state index in [1.54, 1.807) is 0 Å². The molecule has 1 aliphatic heterocycles. The second-order valence-corrected chi connectivity index (χ2v) is 6.56. The van der Waals surface area contributed by atoms with E-state index in [1.165, 1.54) is 20.0 Å². The lowest BCUT2D eigenvalue weighted by Crippen LogP contribution is -2.43. The van der Waals surface area contributed by atoms with Gasteiger partial charge >= 0.3 is 5.97 Å². The summed E-state index contributed by atoms with van der Waals surface area (Å²) in [6.45, 7) is 8.23. The topological polar surface area (TPSA) is 67.4 Å². The van der Waals surface area contributed by atoms with Gasteiger partial charge in [-0.15, -0.1) is 0 Å². The lowest BCUT2D eigenvalue weighted by Gasteiger charge is -2.28. The Morgan fingerprint density at radius 2 is 2.05 bits per heavy atom. The third-order valence-corrected chi connectivity index (χ3v) is 4.18. The Bertz CT molecular complexity index is 338. The smallest absolute Gasteiger partial charge is 0.328 e. The van der Waals surface area contributed by atoms with Gasteiger partial charge in [-0.3, -0.25) is 4.79 Å². The standard InChI is InChI=1S/C16H30N2O3/c1-11(2)8-14(16(20)21-4)18-15(19)9-12(3)13-6-5-7-17-10-13/h11-14,17H,5-10H2,1-4H3,(H,18,19)/t12?,13?,14-/m0/s1. The van der Waals surface area contributed by atoms with Crippen LogP contribution in [0.5, 0.6) is 0 Å². The van der Waals surface area contributed by atoms with E-state index in [2.05, 4.69) is 17.6 Å². The van der Waals surface area contributed by atoms with Gasteiger partial charge in [0.1, 0.15) is 6.04 Å². The third kappa shape index (κ3) is 6.46. The molecule has 2 N–H and O–H groups in total. The van der Waals surface area contributed by atoms with Crippen molar-refractivity contribution in [1.29, 1.82) is 0 Å². The Kier molecular flexibility index (Phi) is 7.72. The monoisotopic (exact) mass is 298 g/mol. The molecule has 0 radical (unpaired) electrons. The highest BCUT2D eigenvalue weighted by atomic mass is 16.5. The molecule has 21 heavy (non-hydrogen) atoms. The summed E-state index contributed by atoms with van der Waals surface area (Å²) in [4.78, 5) is 23.9. The minimum atomic E-state index is -0.529. The molecule has 1 fully saturated rings. The lowest BCUT2D eigenvalue weighted by molar-refractivity contribution is -0.145. The zero-order valence-corrected chi connectivity index (χ0v) is 13.8. The number of rotatable bonds is 7. The van der Waals surface area contributed by atoms with Crippen LogP contribution in [0.4, 0.5) is 0 Å². The van der Waals surface area contributed by atoms with Crippen LogP contribution in [0, 0.1) is 17.8 Å². The van der Waals surface area contributed by atoms with Gasteiger partial charge in [-0.25, -0.2) is 4.79 Å². The largest absolute Gasteiger partial charge is 0.467 e. The SMILES string of the molecule is COC(=O)[C@H](CC(C)C)NC(=O)CC(C)C1CCCNC1. The summed E-state index contributed by atoms with van der Waals surface area (Å²) in [5.41, 5.74) is 0. The first-order valence-corrected chi connectivity index (χ1v) is 8.02. The van der Waals surface area contributed by atoms with Crippen molar-refractivity contribution in [2.24, 2.45) is 17.8 Å². The second-order valence-electron chi connectivity index (χ2n) is 6.56. The van der Waals surface area contributed by atoms with E-state index in [9.17, 15) is 9.59 Å². The fraction of sp³-hybridized carbons (Fsp3) is 0.875. The molecule has 5 nitrogen and oxygen atoms in total. The molecule has 0 aromatic heterocycles. The van der Waals surface area contributed by atoms with Crippen LogP contribution in [0.1, 0.15) is 46.5 Å². The molecule has 1 amide bonds. The van der Waals surface area contributed by atoms with Crippen LogP contribution in [-0.2, 0) is 14.3 Å². The number of esters is 1. The van der Waals surface area contributed by atoms with Crippen molar-refractivity contribution >= 4 is 11.9 Å². The highest BCUT2D eigenvalue weighted by Crippen LogP contribution is 2.22. The maximum absolute atomic E-state index is 12.2. The molecule has 3 atom stereocenters. The molecule has 1 rings (SSSR count). The summed E-state index contributed by atoms with van der Waals surface area (Å²) < 4.78 is 4.77. The summed E-state index contributed by atoms with van der Waals surface area (Å²) in [6, 6.07) is -0.529. The van der Waals surface area contributed by atoms with Gasteiger partial charge < -0.3 is 15.4 Å². The van der Waals surface area contributed by atoms with Gasteiger partial charge in [-0.05, 0) is 50.1 Å². The summed E-state index contributed by atoms with van der Waals surface area (Å²) in [6.07, 6.45) is 3.43. The van der Waals surface area contributed by atoms with Crippen molar-refractivity contribution in [3.8, 4) is 0 Å². The van der Waals surface area contributed by atoms with Crippen LogP contribution in [0.2, 0.25) is 0 Å². The van der Waals surface area contributed by atoms with Crippen LogP contribution in [0.15, 0.2) is 0 Å². The summed E-state index contributed by atoms with van der Waals surface area (Å²) in [7, 11) is 1.36. The van der Waals surface area contributed by atoms with Crippen molar-refractivity contribution in [3.05, 3.63) is 0 Å².